The number of ether oxygens (including phenoxy) is 3. The molecule has 4 rings (SSSR count). The molecule has 0 unspecified atom stereocenters. The van der Waals surface area contributed by atoms with Gasteiger partial charge < -0.3 is 14.2 Å². The molecule has 0 saturated carbocycles. The molecule has 0 amide bonds. The van der Waals surface area contributed by atoms with Gasteiger partial charge in [-0.3, -0.25) is 0 Å². The summed E-state index contributed by atoms with van der Waals surface area (Å²) in [5, 5.41) is 0.364. The second-order valence-electron chi connectivity index (χ2n) is 6.99. The SMILES string of the molecule is CCOc1cc(/C=C2\N=C(c3ccc(Br)cc3)OC2=O)cc(Cl)c1OCc1ccccc1Br. The Morgan fingerprint density at radius 1 is 1.06 bits per heavy atom. The largest absolute Gasteiger partial charge is 0.490 e. The summed E-state index contributed by atoms with van der Waals surface area (Å²) in [5.41, 5.74) is 2.50. The molecule has 0 fully saturated rings. The minimum absolute atomic E-state index is 0.174. The highest BCUT2D eigenvalue weighted by Crippen LogP contribution is 2.38. The highest BCUT2D eigenvalue weighted by atomic mass is 79.9. The third kappa shape index (κ3) is 5.66. The van der Waals surface area contributed by atoms with Gasteiger partial charge in [0.1, 0.15) is 6.61 Å². The second kappa shape index (κ2) is 10.5. The van der Waals surface area contributed by atoms with Gasteiger partial charge in [0, 0.05) is 20.1 Å². The second-order valence-corrected chi connectivity index (χ2v) is 9.16. The van der Waals surface area contributed by atoms with Crippen LogP contribution in [0.15, 0.2) is 80.3 Å². The monoisotopic (exact) mass is 589 g/mol. The Labute approximate surface area is 213 Å². The van der Waals surface area contributed by atoms with E-state index in [1.165, 1.54) is 0 Å². The van der Waals surface area contributed by atoms with Crippen molar-refractivity contribution in [1.29, 1.82) is 0 Å². The van der Waals surface area contributed by atoms with Crippen molar-refractivity contribution in [2.24, 2.45) is 4.99 Å². The number of hydrogen-bond donors (Lipinski definition) is 0. The van der Waals surface area contributed by atoms with Crippen LogP contribution in [0.4, 0.5) is 0 Å². The van der Waals surface area contributed by atoms with E-state index in [-0.39, 0.29) is 11.6 Å². The molecule has 3 aromatic rings. The van der Waals surface area contributed by atoms with E-state index in [2.05, 4.69) is 36.9 Å². The minimum Gasteiger partial charge on any atom is -0.490 e. The molecule has 0 saturated heterocycles. The summed E-state index contributed by atoms with van der Waals surface area (Å²) < 4.78 is 19.0. The summed E-state index contributed by atoms with van der Waals surface area (Å²) in [6.07, 6.45) is 1.61. The van der Waals surface area contributed by atoms with Crippen LogP contribution >= 0.6 is 43.5 Å². The number of benzene rings is 3. The molecule has 0 spiro atoms. The van der Waals surface area contributed by atoms with Crippen LogP contribution in [0.2, 0.25) is 5.02 Å². The van der Waals surface area contributed by atoms with E-state index in [0.717, 1.165) is 14.5 Å². The minimum atomic E-state index is -0.531. The highest BCUT2D eigenvalue weighted by molar-refractivity contribution is 9.10. The summed E-state index contributed by atoms with van der Waals surface area (Å²) in [4.78, 5) is 16.7. The molecular weight excluding hydrogens is 574 g/mol. The lowest BCUT2D eigenvalue weighted by molar-refractivity contribution is -0.129. The predicted octanol–water partition coefficient (Wildman–Crippen LogP) is 7.19. The predicted molar refractivity (Wildman–Crippen MR) is 136 cm³/mol. The number of aliphatic imine (C=N–C) groups is 1. The number of cyclic esters (lactones) is 1. The van der Waals surface area contributed by atoms with Gasteiger partial charge >= 0.3 is 5.97 Å². The molecule has 0 radical (unpaired) electrons. The van der Waals surface area contributed by atoms with Gasteiger partial charge in [-0.2, -0.15) is 0 Å². The lowest BCUT2D eigenvalue weighted by Gasteiger charge is -2.15. The quantitative estimate of drug-likeness (QED) is 0.216. The maximum absolute atomic E-state index is 12.4. The van der Waals surface area contributed by atoms with Crippen LogP contribution in [-0.4, -0.2) is 18.5 Å². The zero-order chi connectivity index (χ0) is 23.4. The van der Waals surface area contributed by atoms with Crippen molar-refractivity contribution in [3.05, 3.63) is 97.0 Å². The van der Waals surface area contributed by atoms with Crippen LogP contribution in [0, 0.1) is 0 Å². The number of rotatable bonds is 7. The summed E-state index contributed by atoms with van der Waals surface area (Å²) in [5.74, 6) is 0.636. The number of carbonyl (C=O) groups is 1. The maximum atomic E-state index is 12.4. The molecule has 0 N–H and O–H groups in total. The average Bonchev–Trinajstić information content (AvgIpc) is 3.15. The van der Waals surface area contributed by atoms with E-state index in [0.29, 0.717) is 40.9 Å². The Morgan fingerprint density at radius 3 is 2.55 bits per heavy atom. The Bertz CT molecular complexity index is 1260. The molecule has 8 heteroatoms. The molecule has 33 heavy (non-hydrogen) atoms. The normalized spacial score (nSPS) is 14.2. The zero-order valence-corrected chi connectivity index (χ0v) is 21.4. The van der Waals surface area contributed by atoms with Gasteiger partial charge in [-0.05, 0) is 61.0 Å². The Kier molecular flexibility index (Phi) is 7.53. The molecule has 1 aliphatic heterocycles. The third-order valence-electron chi connectivity index (χ3n) is 4.68. The fourth-order valence-electron chi connectivity index (χ4n) is 3.12. The number of halogens is 3. The van der Waals surface area contributed by atoms with Crippen molar-refractivity contribution in [1.82, 2.24) is 0 Å². The van der Waals surface area contributed by atoms with Gasteiger partial charge in [-0.15, -0.1) is 0 Å². The van der Waals surface area contributed by atoms with Crippen molar-refractivity contribution < 1.29 is 19.0 Å². The first kappa shape index (κ1) is 23.5. The van der Waals surface area contributed by atoms with Crippen LogP contribution in [0.5, 0.6) is 11.5 Å². The van der Waals surface area contributed by atoms with E-state index < -0.39 is 5.97 Å². The van der Waals surface area contributed by atoms with Gasteiger partial charge in [0.2, 0.25) is 5.90 Å². The zero-order valence-electron chi connectivity index (χ0n) is 17.5. The molecule has 0 atom stereocenters. The Hall–Kier alpha value is -2.61. The van der Waals surface area contributed by atoms with E-state index in [9.17, 15) is 4.79 Å². The van der Waals surface area contributed by atoms with Gasteiger partial charge in [0.25, 0.3) is 0 Å². The molecule has 1 heterocycles. The van der Waals surface area contributed by atoms with Gasteiger partial charge in [0.15, 0.2) is 17.2 Å². The van der Waals surface area contributed by atoms with E-state index in [1.807, 2.05) is 55.5 Å². The summed E-state index contributed by atoms with van der Waals surface area (Å²) in [7, 11) is 0. The smallest absolute Gasteiger partial charge is 0.363 e. The first-order valence-corrected chi connectivity index (χ1v) is 12.0. The molecule has 3 aromatic carbocycles. The summed E-state index contributed by atoms with van der Waals surface area (Å²) >= 11 is 13.4. The Morgan fingerprint density at radius 2 is 1.82 bits per heavy atom. The number of carbonyl (C=O) groups excluding carboxylic acids is 1. The van der Waals surface area contributed by atoms with Crippen LogP contribution < -0.4 is 9.47 Å². The fraction of sp³-hybridized carbons (Fsp3) is 0.120. The summed E-state index contributed by atoms with van der Waals surface area (Å²) in [6, 6.07) is 18.6. The first-order chi connectivity index (χ1) is 15.9. The molecule has 168 valence electrons. The highest BCUT2D eigenvalue weighted by Gasteiger charge is 2.24. The van der Waals surface area contributed by atoms with Crippen LogP contribution in [-0.2, 0) is 16.1 Å². The molecule has 0 aliphatic carbocycles. The van der Waals surface area contributed by atoms with Crippen LogP contribution in [0.3, 0.4) is 0 Å². The van der Waals surface area contributed by atoms with E-state index >= 15 is 0 Å². The van der Waals surface area contributed by atoms with Crippen LogP contribution in [0.25, 0.3) is 6.08 Å². The first-order valence-electron chi connectivity index (χ1n) is 10.1. The standard InChI is InChI=1S/C25H18Br2ClNO4/c1-2-31-22-13-15(11-20(28)23(22)32-14-17-5-3-4-6-19(17)27)12-21-25(30)33-24(29-21)16-7-9-18(26)10-8-16/h3-13H,2,14H2,1H3/b21-12-. The number of esters is 1. The fourth-order valence-corrected chi connectivity index (χ4v) is 4.06. The molecular formula is C25H18Br2ClNO4. The Balaban J connectivity index is 1.61. The summed E-state index contributed by atoms with van der Waals surface area (Å²) in [6.45, 7) is 2.62. The number of nitrogens with zero attached hydrogens (tertiary/aromatic N) is 1. The van der Waals surface area contributed by atoms with Crippen molar-refractivity contribution in [3.8, 4) is 11.5 Å². The van der Waals surface area contributed by atoms with E-state index in [1.54, 1.807) is 18.2 Å². The van der Waals surface area contributed by atoms with Gasteiger partial charge in [-0.1, -0.05) is 61.7 Å². The molecule has 0 aromatic heterocycles. The third-order valence-corrected chi connectivity index (χ3v) is 6.26. The molecule has 5 nitrogen and oxygen atoms in total. The van der Waals surface area contributed by atoms with Gasteiger partial charge in [-0.25, -0.2) is 9.79 Å². The van der Waals surface area contributed by atoms with Crippen molar-refractivity contribution in [3.63, 3.8) is 0 Å². The van der Waals surface area contributed by atoms with Crippen molar-refractivity contribution >= 4 is 61.4 Å². The van der Waals surface area contributed by atoms with Crippen LogP contribution in [0.1, 0.15) is 23.6 Å². The lowest BCUT2D eigenvalue weighted by atomic mass is 10.1. The van der Waals surface area contributed by atoms with Crippen molar-refractivity contribution in [2.75, 3.05) is 6.61 Å². The maximum Gasteiger partial charge on any atom is 0.363 e. The molecule has 1 aliphatic rings. The van der Waals surface area contributed by atoms with E-state index in [4.69, 9.17) is 25.8 Å². The lowest BCUT2D eigenvalue weighted by Crippen LogP contribution is -2.05. The van der Waals surface area contributed by atoms with Gasteiger partial charge in [0.05, 0.1) is 11.6 Å². The number of hydrogen-bond acceptors (Lipinski definition) is 5. The van der Waals surface area contributed by atoms with Crippen molar-refractivity contribution in [2.45, 2.75) is 13.5 Å². The molecule has 0 bridgehead atoms. The topological polar surface area (TPSA) is 57.1 Å². The average molecular weight is 592 g/mol.